The third-order valence-corrected chi connectivity index (χ3v) is 1.97. The molecule has 1 aromatic rings. The van der Waals surface area contributed by atoms with Crippen LogP contribution in [0.4, 0.5) is 8.78 Å². The Kier molecular flexibility index (Phi) is 4.84. The number of nitrogens with two attached hydrogens (primary N) is 1. The Hall–Kier alpha value is -1.69. The van der Waals surface area contributed by atoms with Crippen LogP contribution in [0.25, 0.3) is 0 Å². The van der Waals surface area contributed by atoms with E-state index in [4.69, 9.17) is 5.84 Å². The molecule has 0 amide bonds. The molecule has 0 heterocycles. The van der Waals surface area contributed by atoms with Crippen LogP contribution in [0.1, 0.15) is 19.4 Å². The molecule has 0 fully saturated rings. The lowest BCUT2D eigenvalue weighted by molar-refractivity contribution is 0.507. The summed E-state index contributed by atoms with van der Waals surface area (Å²) in [6.45, 7) is 4.09. The zero-order chi connectivity index (χ0) is 12.8. The van der Waals surface area contributed by atoms with E-state index in [0.29, 0.717) is 11.5 Å². The summed E-state index contributed by atoms with van der Waals surface area (Å²) in [5.74, 6) is 3.93. The first-order chi connectivity index (χ1) is 8.02. The number of aliphatic imine (C=N–C) groups is 1. The third-order valence-electron chi connectivity index (χ3n) is 1.97. The molecule has 0 aromatic heterocycles. The van der Waals surface area contributed by atoms with Gasteiger partial charge in [-0.1, -0.05) is 6.07 Å². The van der Waals surface area contributed by atoms with E-state index in [1.165, 1.54) is 6.07 Å². The van der Waals surface area contributed by atoms with E-state index in [1.807, 2.05) is 13.8 Å². The molecule has 94 valence electrons. The lowest BCUT2D eigenvalue weighted by atomic mass is 10.2. The fourth-order valence-corrected chi connectivity index (χ4v) is 1.21. The van der Waals surface area contributed by atoms with Gasteiger partial charge in [0.25, 0.3) is 0 Å². The molecule has 0 saturated carbocycles. The van der Waals surface area contributed by atoms with E-state index in [0.717, 1.165) is 12.1 Å². The Bertz CT molecular complexity index is 404. The molecule has 0 aliphatic carbocycles. The quantitative estimate of drug-likeness (QED) is 0.324. The highest BCUT2D eigenvalue weighted by atomic mass is 19.2. The smallest absolute Gasteiger partial charge is 0.206 e. The highest BCUT2D eigenvalue weighted by Crippen LogP contribution is 2.09. The zero-order valence-electron chi connectivity index (χ0n) is 9.80. The second kappa shape index (κ2) is 6.15. The van der Waals surface area contributed by atoms with Gasteiger partial charge in [-0.25, -0.2) is 19.6 Å². The summed E-state index contributed by atoms with van der Waals surface area (Å²) in [5, 5.41) is 2.97. The molecule has 4 N–H and O–H groups in total. The summed E-state index contributed by atoms with van der Waals surface area (Å²) >= 11 is 0. The van der Waals surface area contributed by atoms with Gasteiger partial charge in [0.1, 0.15) is 0 Å². The van der Waals surface area contributed by atoms with E-state index in [2.05, 4.69) is 15.7 Å². The van der Waals surface area contributed by atoms with Crippen LogP contribution in [0.15, 0.2) is 23.2 Å². The van der Waals surface area contributed by atoms with Gasteiger partial charge < -0.3 is 5.32 Å². The molecule has 0 radical (unpaired) electrons. The van der Waals surface area contributed by atoms with Gasteiger partial charge in [0.05, 0.1) is 6.54 Å². The number of nitrogens with zero attached hydrogens (tertiary/aromatic N) is 1. The standard InChI is InChI=1S/C11H16F2N4/c1-7(2)16-11(17-14)15-6-8-3-4-9(12)10(13)5-8/h3-5,7H,6,14H2,1-2H3,(H2,15,16,17). The number of hydrogen-bond donors (Lipinski definition) is 3. The topological polar surface area (TPSA) is 62.4 Å². The van der Waals surface area contributed by atoms with Crippen LogP contribution in [0.3, 0.4) is 0 Å². The predicted molar refractivity (Wildman–Crippen MR) is 63.1 cm³/mol. The number of halogens is 2. The van der Waals surface area contributed by atoms with Crippen molar-refractivity contribution in [3.63, 3.8) is 0 Å². The number of benzene rings is 1. The number of hydrogen-bond acceptors (Lipinski definition) is 2. The van der Waals surface area contributed by atoms with Crippen LogP contribution >= 0.6 is 0 Å². The van der Waals surface area contributed by atoms with E-state index in [9.17, 15) is 8.78 Å². The monoisotopic (exact) mass is 242 g/mol. The van der Waals surface area contributed by atoms with Crippen LogP contribution < -0.4 is 16.6 Å². The molecule has 6 heteroatoms. The van der Waals surface area contributed by atoms with Gasteiger partial charge in [0, 0.05) is 6.04 Å². The van der Waals surface area contributed by atoms with Crippen molar-refractivity contribution in [2.75, 3.05) is 0 Å². The van der Waals surface area contributed by atoms with Crippen LogP contribution in [0.2, 0.25) is 0 Å². The molecule has 4 nitrogen and oxygen atoms in total. The maximum Gasteiger partial charge on any atom is 0.206 e. The summed E-state index contributed by atoms with van der Waals surface area (Å²) in [6, 6.07) is 3.84. The van der Waals surface area contributed by atoms with Gasteiger partial charge in [-0.05, 0) is 31.5 Å². The first-order valence-electron chi connectivity index (χ1n) is 5.24. The van der Waals surface area contributed by atoms with Crippen LogP contribution in [-0.4, -0.2) is 12.0 Å². The van der Waals surface area contributed by atoms with Crippen molar-refractivity contribution in [1.29, 1.82) is 0 Å². The van der Waals surface area contributed by atoms with Crippen LogP contribution in [-0.2, 0) is 6.54 Å². The molecule has 1 aromatic carbocycles. The maximum atomic E-state index is 12.9. The van der Waals surface area contributed by atoms with E-state index in [1.54, 1.807) is 0 Å². The lowest BCUT2D eigenvalue weighted by Gasteiger charge is -2.11. The minimum absolute atomic E-state index is 0.176. The molecule has 0 aliphatic rings. The molecule has 17 heavy (non-hydrogen) atoms. The molecule has 0 saturated heterocycles. The largest absolute Gasteiger partial charge is 0.353 e. The van der Waals surface area contributed by atoms with Crippen molar-refractivity contribution < 1.29 is 8.78 Å². The van der Waals surface area contributed by atoms with Gasteiger partial charge in [0.15, 0.2) is 11.6 Å². The fourth-order valence-electron chi connectivity index (χ4n) is 1.21. The molecule has 0 unspecified atom stereocenters. The summed E-state index contributed by atoms with van der Waals surface area (Å²) in [7, 11) is 0. The molecular formula is C11H16F2N4. The minimum atomic E-state index is -0.878. The SMILES string of the molecule is CC(C)NC(=NCc1ccc(F)c(F)c1)NN. The summed E-state index contributed by atoms with van der Waals surface area (Å²) < 4.78 is 25.6. The van der Waals surface area contributed by atoms with Crippen LogP contribution in [0.5, 0.6) is 0 Å². The zero-order valence-corrected chi connectivity index (χ0v) is 9.80. The molecule has 0 aliphatic heterocycles. The van der Waals surface area contributed by atoms with Crippen molar-refractivity contribution in [1.82, 2.24) is 10.7 Å². The Morgan fingerprint density at radius 1 is 1.35 bits per heavy atom. The Balaban J connectivity index is 2.69. The molecule has 0 bridgehead atoms. The average molecular weight is 242 g/mol. The summed E-state index contributed by atoms with van der Waals surface area (Å²) in [6.07, 6.45) is 0. The Labute approximate surface area is 98.9 Å². The average Bonchev–Trinajstić information content (AvgIpc) is 2.28. The first-order valence-corrected chi connectivity index (χ1v) is 5.24. The maximum absolute atomic E-state index is 12.9. The second-order valence-corrected chi connectivity index (χ2v) is 3.86. The number of rotatable bonds is 3. The normalized spacial score (nSPS) is 11.8. The minimum Gasteiger partial charge on any atom is -0.353 e. The van der Waals surface area contributed by atoms with Crippen molar-refractivity contribution in [2.24, 2.45) is 10.8 Å². The predicted octanol–water partition coefficient (Wildman–Crippen LogP) is 1.28. The molecule has 0 spiro atoms. The molecule has 1 rings (SSSR count). The van der Waals surface area contributed by atoms with Crippen molar-refractivity contribution in [3.05, 3.63) is 35.4 Å². The van der Waals surface area contributed by atoms with E-state index in [-0.39, 0.29) is 12.6 Å². The van der Waals surface area contributed by atoms with Gasteiger partial charge in [-0.15, -0.1) is 0 Å². The highest BCUT2D eigenvalue weighted by molar-refractivity contribution is 5.79. The molecule has 0 atom stereocenters. The Morgan fingerprint density at radius 3 is 2.59 bits per heavy atom. The number of guanidine groups is 1. The lowest BCUT2D eigenvalue weighted by Crippen LogP contribution is -2.44. The first kappa shape index (κ1) is 13.4. The van der Waals surface area contributed by atoms with Gasteiger partial charge in [-0.3, -0.25) is 5.43 Å². The van der Waals surface area contributed by atoms with E-state index >= 15 is 0 Å². The van der Waals surface area contributed by atoms with E-state index < -0.39 is 11.6 Å². The third kappa shape index (κ3) is 4.36. The summed E-state index contributed by atoms with van der Waals surface area (Å²) in [4.78, 5) is 4.10. The molecular weight excluding hydrogens is 226 g/mol. The van der Waals surface area contributed by atoms with Crippen molar-refractivity contribution >= 4 is 5.96 Å². The fraction of sp³-hybridized carbons (Fsp3) is 0.364. The number of nitrogens with one attached hydrogen (secondary N) is 2. The second-order valence-electron chi connectivity index (χ2n) is 3.86. The Morgan fingerprint density at radius 2 is 2.06 bits per heavy atom. The summed E-state index contributed by atoms with van der Waals surface area (Å²) in [5.41, 5.74) is 2.97. The van der Waals surface area contributed by atoms with Crippen molar-refractivity contribution in [2.45, 2.75) is 26.4 Å². The van der Waals surface area contributed by atoms with Crippen LogP contribution in [0, 0.1) is 11.6 Å². The van der Waals surface area contributed by atoms with Gasteiger partial charge in [-0.2, -0.15) is 0 Å². The van der Waals surface area contributed by atoms with Crippen molar-refractivity contribution in [3.8, 4) is 0 Å². The van der Waals surface area contributed by atoms with Gasteiger partial charge >= 0.3 is 0 Å². The van der Waals surface area contributed by atoms with Gasteiger partial charge in [0.2, 0.25) is 5.96 Å². The number of hydrazine groups is 1. The highest BCUT2D eigenvalue weighted by Gasteiger charge is 2.03.